The molecule has 3 aromatic rings. The molecule has 1 saturated heterocycles. The van der Waals surface area contributed by atoms with E-state index in [1.807, 2.05) is 42.1 Å². The predicted molar refractivity (Wildman–Crippen MR) is 124 cm³/mol. The number of rotatable bonds is 7. The van der Waals surface area contributed by atoms with Gasteiger partial charge in [-0.3, -0.25) is 4.79 Å². The van der Waals surface area contributed by atoms with Crippen molar-refractivity contribution in [1.29, 1.82) is 0 Å². The summed E-state index contributed by atoms with van der Waals surface area (Å²) in [5.74, 6) is 0.284. The zero-order chi connectivity index (χ0) is 24.3. The second kappa shape index (κ2) is 9.94. The van der Waals surface area contributed by atoms with Crippen LogP contribution in [0.5, 0.6) is 5.75 Å². The number of imidazole rings is 1. The van der Waals surface area contributed by atoms with Crippen LogP contribution in [-0.4, -0.2) is 48.4 Å². The van der Waals surface area contributed by atoms with Gasteiger partial charge >= 0.3 is 0 Å². The lowest BCUT2D eigenvalue weighted by molar-refractivity contribution is -0.126. The van der Waals surface area contributed by atoms with Crippen LogP contribution in [-0.2, 0) is 21.9 Å². The molecule has 0 spiro atoms. The van der Waals surface area contributed by atoms with Crippen LogP contribution >= 0.6 is 0 Å². The summed E-state index contributed by atoms with van der Waals surface area (Å²) in [6, 6.07) is 11.7. The first-order valence-corrected chi connectivity index (χ1v) is 12.4. The van der Waals surface area contributed by atoms with Crippen molar-refractivity contribution < 1.29 is 22.3 Å². The summed E-state index contributed by atoms with van der Waals surface area (Å²) in [5, 5.41) is 3.10. The number of carbonyl (C=O) groups excluding carboxylic acids is 1. The molecule has 1 amide bonds. The normalized spacial score (nSPS) is 16.2. The number of hydrogen-bond acceptors (Lipinski definition) is 5. The Hall–Kier alpha value is -3.24. The van der Waals surface area contributed by atoms with Crippen molar-refractivity contribution in [2.24, 2.45) is 13.0 Å². The Morgan fingerprint density at radius 3 is 2.44 bits per heavy atom. The Kier molecular flexibility index (Phi) is 6.99. The third kappa shape index (κ3) is 4.83. The van der Waals surface area contributed by atoms with E-state index in [-0.39, 0.29) is 29.8 Å². The number of nitrogens with one attached hydrogen (secondary N) is 1. The molecule has 2 aromatic carbocycles. The van der Waals surface area contributed by atoms with Gasteiger partial charge in [0.1, 0.15) is 23.4 Å². The average Bonchev–Trinajstić information content (AvgIpc) is 3.28. The van der Waals surface area contributed by atoms with Crippen LogP contribution in [0.4, 0.5) is 4.39 Å². The standard InChI is InChI=1S/C24H27FN4O4S/c1-28-16-13-26-23(28)22(20-5-3-4-6-21(20)33-2)27-24(30)17-11-14-29(15-12-17)34(31,32)19-9-7-18(25)8-10-19/h3-10,13,16-17,22H,11-12,14-15H2,1-2H3,(H,27,30)/t22-/m0/s1. The van der Waals surface area contributed by atoms with E-state index in [2.05, 4.69) is 10.3 Å². The molecule has 180 valence electrons. The summed E-state index contributed by atoms with van der Waals surface area (Å²) in [5.41, 5.74) is 0.781. The molecule has 4 rings (SSSR count). The van der Waals surface area contributed by atoms with Crippen molar-refractivity contribution in [3.63, 3.8) is 0 Å². The van der Waals surface area contributed by atoms with Gasteiger partial charge in [0.15, 0.2) is 0 Å². The van der Waals surface area contributed by atoms with Gasteiger partial charge in [-0.05, 0) is 43.2 Å². The van der Waals surface area contributed by atoms with E-state index in [0.717, 1.165) is 17.7 Å². The molecule has 1 aliphatic rings. The second-order valence-electron chi connectivity index (χ2n) is 8.21. The number of sulfonamides is 1. The van der Waals surface area contributed by atoms with Gasteiger partial charge in [0.05, 0.1) is 12.0 Å². The van der Waals surface area contributed by atoms with Crippen molar-refractivity contribution in [2.45, 2.75) is 23.8 Å². The predicted octanol–water partition coefficient (Wildman–Crippen LogP) is 2.87. The minimum Gasteiger partial charge on any atom is -0.496 e. The van der Waals surface area contributed by atoms with Crippen LogP contribution in [0.1, 0.15) is 30.3 Å². The molecule has 0 unspecified atom stereocenters. The van der Waals surface area contributed by atoms with Crippen LogP contribution in [0.3, 0.4) is 0 Å². The molecule has 1 aliphatic heterocycles. The van der Waals surface area contributed by atoms with Gasteiger partial charge in [-0.1, -0.05) is 18.2 Å². The van der Waals surface area contributed by atoms with Crippen molar-refractivity contribution in [3.8, 4) is 5.75 Å². The molecule has 1 atom stereocenters. The summed E-state index contributed by atoms with van der Waals surface area (Å²) < 4.78 is 47.6. The molecule has 0 aliphatic carbocycles. The molecule has 1 aromatic heterocycles. The maximum Gasteiger partial charge on any atom is 0.243 e. The second-order valence-corrected chi connectivity index (χ2v) is 10.2. The fourth-order valence-corrected chi connectivity index (χ4v) is 5.69. The molecule has 0 radical (unpaired) electrons. The van der Waals surface area contributed by atoms with Gasteiger partial charge in [0.2, 0.25) is 15.9 Å². The first kappa shape index (κ1) is 23.9. The molecule has 1 N–H and O–H groups in total. The van der Waals surface area contributed by atoms with Gasteiger partial charge < -0.3 is 14.6 Å². The molecular weight excluding hydrogens is 459 g/mol. The molecule has 10 heteroatoms. The van der Waals surface area contributed by atoms with Gasteiger partial charge in [0, 0.05) is 44.0 Å². The van der Waals surface area contributed by atoms with Crippen LogP contribution in [0.15, 0.2) is 65.8 Å². The number of amides is 1. The van der Waals surface area contributed by atoms with Crippen molar-refractivity contribution in [1.82, 2.24) is 19.2 Å². The summed E-state index contributed by atoms with van der Waals surface area (Å²) in [7, 11) is -0.305. The topological polar surface area (TPSA) is 93.5 Å². The number of benzene rings is 2. The van der Waals surface area contributed by atoms with Crippen molar-refractivity contribution in [2.75, 3.05) is 20.2 Å². The third-order valence-corrected chi connectivity index (χ3v) is 8.04. The Bertz CT molecular complexity index is 1250. The Morgan fingerprint density at radius 1 is 1.15 bits per heavy atom. The summed E-state index contributed by atoms with van der Waals surface area (Å²) in [6.07, 6.45) is 4.24. The largest absolute Gasteiger partial charge is 0.496 e. The number of nitrogens with zero attached hydrogens (tertiary/aromatic N) is 3. The van der Waals surface area contributed by atoms with Crippen LogP contribution in [0.25, 0.3) is 0 Å². The van der Waals surface area contributed by atoms with Crippen LogP contribution in [0, 0.1) is 11.7 Å². The molecule has 34 heavy (non-hydrogen) atoms. The van der Waals surface area contributed by atoms with E-state index in [1.54, 1.807) is 13.3 Å². The Labute approximate surface area is 198 Å². The van der Waals surface area contributed by atoms with Gasteiger partial charge in [-0.2, -0.15) is 4.31 Å². The Morgan fingerprint density at radius 2 is 1.82 bits per heavy atom. The first-order chi connectivity index (χ1) is 16.3. The van der Waals surface area contributed by atoms with Crippen LogP contribution in [0.2, 0.25) is 0 Å². The SMILES string of the molecule is COc1ccccc1[C@H](NC(=O)C1CCN(S(=O)(=O)c2ccc(F)cc2)CC1)c1nccn1C. The van der Waals surface area contributed by atoms with E-state index in [1.165, 1.54) is 16.4 Å². The summed E-state index contributed by atoms with van der Waals surface area (Å²) >= 11 is 0. The highest BCUT2D eigenvalue weighted by molar-refractivity contribution is 7.89. The minimum atomic E-state index is -3.74. The highest BCUT2D eigenvalue weighted by atomic mass is 32.2. The zero-order valence-corrected chi connectivity index (χ0v) is 19.8. The molecule has 0 saturated carbocycles. The molecule has 1 fully saturated rings. The highest BCUT2D eigenvalue weighted by Gasteiger charge is 2.34. The fraction of sp³-hybridized carbons (Fsp3) is 0.333. The van der Waals surface area contributed by atoms with E-state index in [0.29, 0.717) is 24.4 Å². The van der Waals surface area contributed by atoms with Crippen molar-refractivity contribution >= 4 is 15.9 Å². The lowest BCUT2D eigenvalue weighted by Crippen LogP contribution is -2.44. The summed E-state index contributed by atoms with van der Waals surface area (Å²) in [6.45, 7) is 0.416. The molecule has 8 nitrogen and oxygen atoms in total. The third-order valence-electron chi connectivity index (χ3n) is 6.13. The average molecular weight is 487 g/mol. The number of methoxy groups -OCH3 is 1. The number of hydrogen-bond donors (Lipinski definition) is 1. The number of halogens is 1. The van der Waals surface area contributed by atoms with E-state index < -0.39 is 21.9 Å². The maximum absolute atomic E-state index is 13.3. The number of para-hydroxylation sites is 1. The van der Waals surface area contributed by atoms with Crippen LogP contribution < -0.4 is 10.1 Å². The lowest BCUT2D eigenvalue weighted by Gasteiger charge is -2.31. The van der Waals surface area contributed by atoms with E-state index >= 15 is 0 Å². The van der Waals surface area contributed by atoms with Gasteiger partial charge in [-0.25, -0.2) is 17.8 Å². The maximum atomic E-state index is 13.3. The van der Waals surface area contributed by atoms with E-state index in [4.69, 9.17) is 4.74 Å². The minimum absolute atomic E-state index is 0.0443. The first-order valence-electron chi connectivity index (χ1n) is 11.0. The number of aryl methyl sites for hydroxylation is 1. The van der Waals surface area contributed by atoms with Gasteiger partial charge in [-0.15, -0.1) is 0 Å². The zero-order valence-electron chi connectivity index (χ0n) is 19.0. The quantitative estimate of drug-likeness (QED) is 0.554. The summed E-state index contributed by atoms with van der Waals surface area (Å²) in [4.78, 5) is 17.7. The highest BCUT2D eigenvalue weighted by Crippen LogP contribution is 2.30. The number of carbonyl (C=O) groups is 1. The molecule has 2 heterocycles. The molecular formula is C24H27FN4O4S. The monoisotopic (exact) mass is 486 g/mol. The number of aromatic nitrogens is 2. The lowest BCUT2D eigenvalue weighted by atomic mass is 9.96. The number of ether oxygens (including phenoxy) is 1. The van der Waals surface area contributed by atoms with Gasteiger partial charge in [0.25, 0.3) is 0 Å². The smallest absolute Gasteiger partial charge is 0.243 e. The molecule has 0 bridgehead atoms. The van der Waals surface area contributed by atoms with Crippen molar-refractivity contribution in [3.05, 3.63) is 78.1 Å². The van der Waals surface area contributed by atoms with E-state index in [9.17, 15) is 17.6 Å². The fourth-order valence-electron chi connectivity index (χ4n) is 4.22. The Balaban J connectivity index is 1.48. The number of piperidine rings is 1.